The summed E-state index contributed by atoms with van der Waals surface area (Å²) in [6.07, 6.45) is 5.50. The Kier molecular flexibility index (Phi) is 3.74. The molecule has 0 aliphatic rings. The Labute approximate surface area is 117 Å². The van der Waals surface area contributed by atoms with Gasteiger partial charge in [0.15, 0.2) is 0 Å². The van der Waals surface area contributed by atoms with Gasteiger partial charge in [-0.25, -0.2) is 9.97 Å². The number of hydrogen-bond acceptors (Lipinski definition) is 4. The van der Waals surface area contributed by atoms with Crippen LogP contribution in [0.4, 0.5) is 0 Å². The summed E-state index contributed by atoms with van der Waals surface area (Å²) in [7, 11) is 1.95. The van der Waals surface area contributed by atoms with E-state index in [1.54, 1.807) is 6.26 Å². The van der Waals surface area contributed by atoms with Gasteiger partial charge in [-0.3, -0.25) is 0 Å². The summed E-state index contributed by atoms with van der Waals surface area (Å²) in [4.78, 5) is 8.97. The predicted molar refractivity (Wildman–Crippen MR) is 79.5 cm³/mol. The Morgan fingerprint density at radius 2 is 2.10 bits per heavy atom. The van der Waals surface area contributed by atoms with Gasteiger partial charge in [-0.1, -0.05) is 18.2 Å². The molecule has 0 saturated carbocycles. The van der Waals surface area contributed by atoms with Gasteiger partial charge in [0.2, 0.25) is 0 Å². The molecule has 4 heteroatoms. The molecule has 3 rings (SSSR count). The highest BCUT2D eigenvalue weighted by Crippen LogP contribution is 2.28. The Morgan fingerprint density at radius 3 is 3.00 bits per heavy atom. The number of aryl methyl sites for hydroxylation is 1. The average Bonchev–Trinajstić information content (AvgIpc) is 2.92. The number of rotatable bonds is 5. The van der Waals surface area contributed by atoms with Crippen molar-refractivity contribution in [3.8, 4) is 11.3 Å². The predicted octanol–water partition coefficient (Wildman–Crippen LogP) is 3.04. The molecule has 4 nitrogen and oxygen atoms in total. The van der Waals surface area contributed by atoms with Gasteiger partial charge in [-0.05, 0) is 32.1 Å². The third kappa shape index (κ3) is 2.56. The van der Waals surface area contributed by atoms with Crippen LogP contribution in [0.1, 0.15) is 12.2 Å². The maximum atomic E-state index is 5.57. The van der Waals surface area contributed by atoms with E-state index >= 15 is 0 Å². The maximum Gasteiger partial charge on any atom is 0.134 e. The smallest absolute Gasteiger partial charge is 0.134 e. The normalized spacial score (nSPS) is 11.1. The topological polar surface area (TPSA) is 51.0 Å². The SMILES string of the molecule is CNCCCc1nccc(-c2coc3ccccc23)n1. The molecule has 0 bridgehead atoms. The average molecular weight is 267 g/mol. The fourth-order valence-corrected chi connectivity index (χ4v) is 2.27. The molecule has 102 valence electrons. The Balaban J connectivity index is 1.92. The van der Waals surface area contributed by atoms with Crippen LogP contribution in [0.25, 0.3) is 22.2 Å². The third-order valence-electron chi connectivity index (χ3n) is 3.29. The molecule has 0 spiro atoms. The second-order valence-electron chi connectivity index (χ2n) is 4.71. The molecule has 0 aliphatic heterocycles. The number of hydrogen-bond donors (Lipinski definition) is 1. The van der Waals surface area contributed by atoms with Gasteiger partial charge < -0.3 is 9.73 Å². The Morgan fingerprint density at radius 1 is 1.20 bits per heavy atom. The number of para-hydroxylation sites is 1. The maximum absolute atomic E-state index is 5.57. The second kappa shape index (κ2) is 5.84. The van der Waals surface area contributed by atoms with E-state index in [0.29, 0.717) is 0 Å². The molecule has 0 saturated heterocycles. The number of furan rings is 1. The van der Waals surface area contributed by atoms with Crippen LogP contribution >= 0.6 is 0 Å². The molecule has 2 aromatic heterocycles. The standard InChI is InChI=1S/C16H17N3O/c1-17-9-4-7-16-18-10-8-14(19-16)13-11-20-15-6-3-2-5-12(13)15/h2-3,5-6,8,10-11,17H,4,7,9H2,1H3. The van der Waals surface area contributed by atoms with Crippen molar-refractivity contribution >= 4 is 11.0 Å². The summed E-state index contributed by atoms with van der Waals surface area (Å²) in [5.41, 5.74) is 2.83. The molecule has 0 fully saturated rings. The summed E-state index contributed by atoms with van der Waals surface area (Å²) < 4.78 is 5.57. The van der Waals surface area contributed by atoms with Crippen LogP contribution in [0.3, 0.4) is 0 Å². The molecular weight excluding hydrogens is 250 g/mol. The summed E-state index contributed by atoms with van der Waals surface area (Å²) >= 11 is 0. The molecule has 1 N–H and O–H groups in total. The van der Waals surface area contributed by atoms with Crippen LogP contribution in [0.5, 0.6) is 0 Å². The van der Waals surface area contributed by atoms with Gasteiger partial charge in [0.05, 0.1) is 5.69 Å². The van der Waals surface area contributed by atoms with Crippen molar-refractivity contribution in [3.63, 3.8) is 0 Å². The zero-order chi connectivity index (χ0) is 13.8. The highest BCUT2D eigenvalue weighted by atomic mass is 16.3. The minimum Gasteiger partial charge on any atom is -0.464 e. The summed E-state index contributed by atoms with van der Waals surface area (Å²) in [6, 6.07) is 9.93. The number of fused-ring (bicyclic) bond motifs is 1. The lowest BCUT2D eigenvalue weighted by Crippen LogP contribution is -2.09. The van der Waals surface area contributed by atoms with Crippen molar-refractivity contribution < 1.29 is 4.42 Å². The third-order valence-corrected chi connectivity index (χ3v) is 3.29. The molecule has 0 amide bonds. The van der Waals surface area contributed by atoms with Gasteiger partial charge in [0.25, 0.3) is 0 Å². The first kappa shape index (κ1) is 12.8. The molecule has 20 heavy (non-hydrogen) atoms. The fraction of sp³-hybridized carbons (Fsp3) is 0.250. The van der Waals surface area contributed by atoms with Crippen LogP contribution in [-0.2, 0) is 6.42 Å². The van der Waals surface area contributed by atoms with Gasteiger partial charge >= 0.3 is 0 Å². The summed E-state index contributed by atoms with van der Waals surface area (Å²) in [6.45, 7) is 0.974. The van der Waals surface area contributed by atoms with Crippen molar-refractivity contribution in [2.45, 2.75) is 12.8 Å². The van der Waals surface area contributed by atoms with E-state index in [1.807, 2.05) is 37.5 Å². The largest absolute Gasteiger partial charge is 0.464 e. The van der Waals surface area contributed by atoms with Crippen molar-refractivity contribution in [2.75, 3.05) is 13.6 Å². The lowest BCUT2D eigenvalue weighted by atomic mass is 10.1. The molecule has 0 unspecified atom stereocenters. The van der Waals surface area contributed by atoms with Crippen molar-refractivity contribution in [1.29, 1.82) is 0 Å². The molecule has 2 heterocycles. The number of nitrogens with zero attached hydrogens (tertiary/aromatic N) is 2. The Bertz CT molecular complexity index is 706. The second-order valence-corrected chi connectivity index (χ2v) is 4.71. The monoisotopic (exact) mass is 267 g/mol. The first-order chi connectivity index (χ1) is 9.88. The van der Waals surface area contributed by atoms with Crippen molar-refractivity contribution in [1.82, 2.24) is 15.3 Å². The van der Waals surface area contributed by atoms with E-state index in [0.717, 1.165) is 47.4 Å². The van der Waals surface area contributed by atoms with Crippen molar-refractivity contribution in [2.24, 2.45) is 0 Å². The molecule has 0 atom stereocenters. The zero-order valence-electron chi connectivity index (χ0n) is 11.5. The van der Waals surface area contributed by atoms with Gasteiger partial charge in [0, 0.05) is 23.6 Å². The van der Waals surface area contributed by atoms with Gasteiger partial charge in [0.1, 0.15) is 17.7 Å². The quantitative estimate of drug-likeness (QED) is 0.722. The lowest BCUT2D eigenvalue weighted by Gasteiger charge is -2.02. The highest BCUT2D eigenvalue weighted by molar-refractivity contribution is 5.92. The van der Waals surface area contributed by atoms with E-state index in [9.17, 15) is 0 Å². The van der Waals surface area contributed by atoms with Crippen LogP contribution in [-0.4, -0.2) is 23.6 Å². The van der Waals surface area contributed by atoms with E-state index in [-0.39, 0.29) is 0 Å². The fourth-order valence-electron chi connectivity index (χ4n) is 2.27. The minimum absolute atomic E-state index is 0.878. The van der Waals surface area contributed by atoms with Crippen molar-refractivity contribution in [3.05, 3.63) is 48.6 Å². The van der Waals surface area contributed by atoms with Crippen LogP contribution in [0, 0.1) is 0 Å². The van der Waals surface area contributed by atoms with Crippen LogP contribution < -0.4 is 5.32 Å². The molecular formula is C16H17N3O. The van der Waals surface area contributed by atoms with E-state index < -0.39 is 0 Å². The highest BCUT2D eigenvalue weighted by Gasteiger charge is 2.09. The first-order valence-corrected chi connectivity index (χ1v) is 6.81. The Hall–Kier alpha value is -2.20. The van der Waals surface area contributed by atoms with Gasteiger partial charge in [-0.15, -0.1) is 0 Å². The summed E-state index contributed by atoms with van der Waals surface area (Å²) in [5.74, 6) is 0.878. The van der Waals surface area contributed by atoms with Gasteiger partial charge in [-0.2, -0.15) is 0 Å². The molecule has 1 aromatic carbocycles. The molecule has 0 aliphatic carbocycles. The van der Waals surface area contributed by atoms with E-state index in [2.05, 4.69) is 21.4 Å². The lowest BCUT2D eigenvalue weighted by molar-refractivity contribution is 0.616. The van der Waals surface area contributed by atoms with Crippen LogP contribution in [0.15, 0.2) is 47.2 Å². The number of nitrogens with one attached hydrogen (secondary N) is 1. The minimum atomic E-state index is 0.878. The number of benzene rings is 1. The van der Waals surface area contributed by atoms with E-state index in [1.165, 1.54) is 0 Å². The van der Waals surface area contributed by atoms with Crippen LogP contribution in [0.2, 0.25) is 0 Å². The van der Waals surface area contributed by atoms with E-state index in [4.69, 9.17) is 4.42 Å². The zero-order valence-corrected chi connectivity index (χ0v) is 11.5. The number of aromatic nitrogens is 2. The molecule has 3 aromatic rings. The molecule has 0 radical (unpaired) electrons. The first-order valence-electron chi connectivity index (χ1n) is 6.81. The summed E-state index contributed by atoms with van der Waals surface area (Å²) in [5, 5.41) is 4.22.